The van der Waals surface area contributed by atoms with Crippen molar-refractivity contribution in [2.75, 3.05) is 20.1 Å². The lowest BCUT2D eigenvalue weighted by atomic mass is 10.0. The number of pyridine rings is 1. The molecule has 0 aliphatic carbocycles. The van der Waals surface area contributed by atoms with Crippen LogP contribution in [-0.4, -0.2) is 45.7 Å². The number of aromatic nitrogens is 3. The summed E-state index contributed by atoms with van der Waals surface area (Å²) in [5.74, 6) is -0.261. The lowest BCUT2D eigenvalue weighted by Crippen LogP contribution is -2.39. The first-order valence-electron chi connectivity index (χ1n) is 9.80. The molecule has 0 unspecified atom stereocenters. The molecular weight excluding hydrogens is 386 g/mol. The second-order valence-electron chi connectivity index (χ2n) is 7.48. The number of nitrogens with zero attached hydrogens (tertiary/aromatic N) is 3. The van der Waals surface area contributed by atoms with Crippen molar-refractivity contribution in [3.05, 3.63) is 63.0 Å². The van der Waals surface area contributed by atoms with Gasteiger partial charge >= 0.3 is 0 Å². The molecule has 7 nitrogen and oxygen atoms in total. The minimum Gasteiger partial charge on any atom is -0.336 e. The van der Waals surface area contributed by atoms with Crippen LogP contribution < -0.4 is 10.9 Å². The van der Waals surface area contributed by atoms with Gasteiger partial charge in [0, 0.05) is 19.3 Å². The molecule has 4 rings (SSSR count). The Morgan fingerprint density at radius 3 is 2.86 bits per heavy atom. The Balaban J connectivity index is 1.55. The fourth-order valence-corrected chi connectivity index (χ4v) is 4.47. The van der Waals surface area contributed by atoms with Crippen LogP contribution >= 0.6 is 11.3 Å². The number of aryl methyl sites for hydroxylation is 1. The highest BCUT2D eigenvalue weighted by Crippen LogP contribution is 2.23. The van der Waals surface area contributed by atoms with Crippen LogP contribution in [0.5, 0.6) is 0 Å². The van der Waals surface area contributed by atoms with Crippen LogP contribution in [0.4, 0.5) is 0 Å². The Morgan fingerprint density at radius 2 is 2.14 bits per heavy atom. The minimum atomic E-state index is -0.261. The van der Waals surface area contributed by atoms with Crippen molar-refractivity contribution in [2.24, 2.45) is 0 Å². The highest BCUT2D eigenvalue weighted by molar-refractivity contribution is 7.13. The van der Waals surface area contributed by atoms with E-state index in [9.17, 15) is 9.59 Å². The zero-order valence-electron chi connectivity index (χ0n) is 16.6. The molecule has 2 N–H and O–H groups in total. The van der Waals surface area contributed by atoms with Gasteiger partial charge in [0.1, 0.15) is 11.3 Å². The van der Waals surface area contributed by atoms with Gasteiger partial charge in [0.2, 0.25) is 0 Å². The zero-order valence-corrected chi connectivity index (χ0v) is 17.5. The van der Waals surface area contributed by atoms with E-state index in [1.54, 1.807) is 27.9 Å². The number of thiophene rings is 1. The third-order valence-corrected chi connectivity index (χ3v) is 6.29. The number of carbonyl (C=O) groups is 1. The molecule has 29 heavy (non-hydrogen) atoms. The predicted molar refractivity (Wildman–Crippen MR) is 114 cm³/mol. The molecule has 4 heterocycles. The maximum absolute atomic E-state index is 13.1. The van der Waals surface area contributed by atoms with Crippen molar-refractivity contribution in [1.29, 1.82) is 0 Å². The van der Waals surface area contributed by atoms with E-state index in [1.807, 2.05) is 42.8 Å². The Bertz CT molecular complexity index is 1050. The van der Waals surface area contributed by atoms with Crippen molar-refractivity contribution >= 4 is 17.2 Å². The van der Waals surface area contributed by atoms with E-state index >= 15 is 0 Å². The molecular formula is C21H25N5O2S. The maximum atomic E-state index is 13.1. The molecule has 1 saturated heterocycles. The van der Waals surface area contributed by atoms with E-state index in [0.717, 1.165) is 42.2 Å². The molecule has 1 aliphatic heterocycles. The number of nitrogens with one attached hydrogen (secondary N) is 2. The number of hydrogen-bond acceptors (Lipinski definition) is 5. The van der Waals surface area contributed by atoms with Crippen LogP contribution in [0.1, 0.15) is 40.5 Å². The van der Waals surface area contributed by atoms with E-state index in [4.69, 9.17) is 0 Å². The quantitative estimate of drug-likeness (QED) is 0.676. The van der Waals surface area contributed by atoms with Crippen molar-refractivity contribution in [1.82, 2.24) is 25.0 Å². The standard InChI is InChI=1S/C21H25N5O2S/c1-14-7-10-26(16-5-8-22-9-6-16)21(28)19(14)20(27)25(2)13-15-12-17(24-23-15)18-4-3-11-29-18/h3-4,7,10-12,16,22H,5-6,8-9,13H2,1-2H3,(H,23,24). The average molecular weight is 412 g/mol. The number of H-pyrrole nitrogens is 1. The molecule has 0 saturated carbocycles. The highest BCUT2D eigenvalue weighted by atomic mass is 32.1. The largest absolute Gasteiger partial charge is 0.336 e. The van der Waals surface area contributed by atoms with Gasteiger partial charge in [-0.2, -0.15) is 5.10 Å². The van der Waals surface area contributed by atoms with Gasteiger partial charge in [-0.25, -0.2) is 0 Å². The topological polar surface area (TPSA) is 83.0 Å². The van der Waals surface area contributed by atoms with E-state index < -0.39 is 0 Å². The summed E-state index contributed by atoms with van der Waals surface area (Å²) in [6, 6.07) is 7.95. The smallest absolute Gasteiger partial charge is 0.263 e. The molecule has 1 amide bonds. The van der Waals surface area contributed by atoms with E-state index in [2.05, 4.69) is 15.5 Å². The van der Waals surface area contributed by atoms with Crippen LogP contribution in [-0.2, 0) is 6.54 Å². The maximum Gasteiger partial charge on any atom is 0.263 e. The number of rotatable bonds is 5. The van der Waals surface area contributed by atoms with Crippen LogP contribution in [0, 0.1) is 6.92 Å². The lowest BCUT2D eigenvalue weighted by molar-refractivity contribution is 0.0779. The summed E-state index contributed by atoms with van der Waals surface area (Å²) in [6.07, 6.45) is 3.62. The van der Waals surface area contributed by atoms with Crippen molar-refractivity contribution in [3.8, 4) is 10.6 Å². The fraction of sp³-hybridized carbons (Fsp3) is 0.381. The molecule has 0 radical (unpaired) electrons. The number of aromatic amines is 1. The normalized spacial score (nSPS) is 14.8. The third kappa shape index (κ3) is 4.04. The van der Waals surface area contributed by atoms with Crippen LogP contribution in [0.25, 0.3) is 10.6 Å². The monoisotopic (exact) mass is 411 g/mol. The highest BCUT2D eigenvalue weighted by Gasteiger charge is 2.23. The molecule has 1 fully saturated rings. The average Bonchev–Trinajstić information content (AvgIpc) is 3.40. The number of hydrogen-bond donors (Lipinski definition) is 2. The van der Waals surface area contributed by atoms with Gasteiger partial charge in [-0.15, -0.1) is 11.3 Å². The second kappa shape index (κ2) is 8.34. The number of carbonyl (C=O) groups excluding carboxylic acids is 1. The molecule has 3 aromatic rings. The van der Waals surface area contributed by atoms with E-state index in [1.165, 1.54) is 0 Å². The lowest BCUT2D eigenvalue weighted by Gasteiger charge is -2.26. The van der Waals surface area contributed by atoms with Gasteiger partial charge in [-0.3, -0.25) is 14.7 Å². The molecule has 0 atom stereocenters. The van der Waals surface area contributed by atoms with Gasteiger partial charge in [-0.1, -0.05) is 6.07 Å². The second-order valence-corrected chi connectivity index (χ2v) is 8.43. The number of piperidine rings is 1. The molecule has 1 aliphatic rings. The van der Waals surface area contributed by atoms with E-state index in [0.29, 0.717) is 12.1 Å². The van der Waals surface area contributed by atoms with Gasteiger partial charge in [0.25, 0.3) is 11.5 Å². The Labute approximate surface area is 173 Å². The molecule has 8 heteroatoms. The first kappa shape index (κ1) is 19.6. The minimum absolute atomic E-state index is 0.141. The summed E-state index contributed by atoms with van der Waals surface area (Å²) >= 11 is 1.62. The molecule has 0 spiro atoms. The zero-order chi connectivity index (χ0) is 20.4. The molecule has 3 aromatic heterocycles. The van der Waals surface area contributed by atoms with Gasteiger partial charge in [-0.05, 0) is 62.0 Å². The summed E-state index contributed by atoms with van der Waals surface area (Å²) in [6.45, 7) is 3.96. The van der Waals surface area contributed by atoms with Gasteiger partial charge in [0.05, 0.1) is 17.1 Å². The van der Waals surface area contributed by atoms with Crippen molar-refractivity contribution in [3.63, 3.8) is 0 Å². The summed E-state index contributed by atoms with van der Waals surface area (Å²) in [5.41, 5.74) is 2.46. The van der Waals surface area contributed by atoms with Crippen molar-refractivity contribution in [2.45, 2.75) is 32.4 Å². The summed E-state index contributed by atoms with van der Waals surface area (Å²) in [7, 11) is 1.72. The van der Waals surface area contributed by atoms with E-state index in [-0.39, 0.29) is 23.1 Å². The Hall–Kier alpha value is -2.71. The van der Waals surface area contributed by atoms with Crippen LogP contribution in [0.2, 0.25) is 0 Å². The first-order valence-corrected chi connectivity index (χ1v) is 10.7. The first-order chi connectivity index (χ1) is 14.0. The molecule has 0 bridgehead atoms. The predicted octanol–water partition coefficient (Wildman–Crippen LogP) is 2.81. The molecule has 152 valence electrons. The van der Waals surface area contributed by atoms with Crippen molar-refractivity contribution < 1.29 is 4.79 Å². The third-order valence-electron chi connectivity index (χ3n) is 5.40. The summed E-state index contributed by atoms with van der Waals surface area (Å²) < 4.78 is 1.74. The van der Waals surface area contributed by atoms with Crippen LogP contribution in [0.3, 0.4) is 0 Å². The van der Waals surface area contributed by atoms with Gasteiger partial charge < -0.3 is 14.8 Å². The SMILES string of the molecule is Cc1ccn(C2CCNCC2)c(=O)c1C(=O)N(C)Cc1cc(-c2cccs2)n[nH]1. The molecule has 0 aromatic carbocycles. The van der Waals surface area contributed by atoms with Gasteiger partial charge in [0.15, 0.2) is 0 Å². The van der Waals surface area contributed by atoms with Crippen LogP contribution in [0.15, 0.2) is 40.6 Å². The Kier molecular flexibility index (Phi) is 5.64. The summed E-state index contributed by atoms with van der Waals surface area (Å²) in [5, 5.41) is 12.6. The fourth-order valence-electron chi connectivity index (χ4n) is 3.78. The number of amides is 1. The Morgan fingerprint density at radius 1 is 1.34 bits per heavy atom. The summed E-state index contributed by atoms with van der Waals surface area (Å²) in [4.78, 5) is 28.9.